The molecule has 32 heavy (non-hydrogen) atoms. The van der Waals surface area contributed by atoms with Crippen LogP contribution in [-0.4, -0.2) is 84.6 Å². The Kier molecular flexibility index (Phi) is 15.9. The fourth-order valence-electron chi connectivity index (χ4n) is 3.49. The standard InChI is InChI=1S/C14H29NO2.C12H25NO2/c1-10(2)15-8-14(17-12(5)6)7-13(15)9-16-11(3)4;1-9(2)12(14)7-13(10(3)4)8-15-11(5)6/h10-14H,7-9H2,1-6H3;9-11H,7-8H2,1-6H3. The molecule has 1 heterocycles. The number of hydrogen-bond donors (Lipinski definition) is 0. The van der Waals surface area contributed by atoms with Crippen molar-refractivity contribution in [1.29, 1.82) is 0 Å². The lowest BCUT2D eigenvalue weighted by atomic mass is 10.1. The first-order valence-electron chi connectivity index (χ1n) is 12.7. The number of hydrogen-bond acceptors (Lipinski definition) is 6. The quantitative estimate of drug-likeness (QED) is 0.362. The van der Waals surface area contributed by atoms with Gasteiger partial charge in [0.05, 0.1) is 44.3 Å². The second kappa shape index (κ2) is 16.2. The normalized spacial score (nSPS) is 19.8. The zero-order valence-corrected chi connectivity index (χ0v) is 23.2. The average Bonchev–Trinajstić information content (AvgIpc) is 3.05. The number of carbonyl (C=O) groups is 1. The van der Waals surface area contributed by atoms with E-state index in [9.17, 15) is 4.79 Å². The fourth-order valence-corrected chi connectivity index (χ4v) is 3.49. The lowest BCUT2D eigenvalue weighted by Gasteiger charge is -2.28. The van der Waals surface area contributed by atoms with Crippen LogP contribution >= 0.6 is 0 Å². The van der Waals surface area contributed by atoms with Gasteiger partial charge in [-0.2, -0.15) is 0 Å². The molecule has 6 nitrogen and oxygen atoms in total. The molecule has 0 aromatic carbocycles. The van der Waals surface area contributed by atoms with Crippen molar-refractivity contribution in [2.75, 3.05) is 26.4 Å². The molecule has 0 aromatic heterocycles. The second-order valence-corrected chi connectivity index (χ2v) is 10.7. The Balaban J connectivity index is 0.000000607. The molecule has 0 radical (unpaired) electrons. The van der Waals surface area contributed by atoms with E-state index in [2.05, 4.69) is 65.2 Å². The minimum absolute atomic E-state index is 0.102. The van der Waals surface area contributed by atoms with Crippen molar-refractivity contribution in [3.8, 4) is 0 Å². The van der Waals surface area contributed by atoms with E-state index >= 15 is 0 Å². The molecule has 1 saturated heterocycles. The highest BCUT2D eigenvalue weighted by molar-refractivity contribution is 5.82. The molecule has 1 aliphatic rings. The van der Waals surface area contributed by atoms with Crippen LogP contribution in [0.15, 0.2) is 0 Å². The van der Waals surface area contributed by atoms with E-state index < -0.39 is 0 Å². The summed E-state index contributed by atoms with van der Waals surface area (Å²) in [6, 6.07) is 1.42. The molecule has 6 heteroatoms. The maximum Gasteiger partial charge on any atom is 0.149 e. The van der Waals surface area contributed by atoms with E-state index in [-0.39, 0.29) is 17.8 Å². The molecule has 0 amide bonds. The van der Waals surface area contributed by atoms with Crippen LogP contribution < -0.4 is 0 Å². The van der Waals surface area contributed by atoms with Gasteiger partial charge < -0.3 is 14.2 Å². The SMILES string of the molecule is CC(C)OCC1CC(OC(C)C)CN1C(C)C.CC(C)OCN(CC(=O)C(C)C)C(C)C. The molecule has 0 spiro atoms. The largest absolute Gasteiger partial charge is 0.377 e. The second-order valence-electron chi connectivity index (χ2n) is 10.7. The highest BCUT2D eigenvalue weighted by atomic mass is 16.5. The van der Waals surface area contributed by atoms with Gasteiger partial charge in [0, 0.05) is 30.6 Å². The third kappa shape index (κ3) is 13.9. The molecule has 2 unspecified atom stereocenters. The van der Waals surface area contributed by atoms with Crippen molar-refractivity contribution in [3.05, 3.63) is 0 Å². The number of nitrogens with zero attached hydrogens (tertiary/aromatic N) is 2. The van der Waals surface area contributed by atoms with E-state index in [1.165, 1.54) is 0 Å². The van der Waals surface area contributed by atoms with Crippen LogP contribution in [0, 0.1) is 5.92 Å². The zero-order valence-electron chi connectivity index (χ0n) is 23.2. The molecule has 192 valence electrons. The monoisotopic (exact) mass is 458 g/mol. The number of ketones is 1. The highest BCUT2D eigenvalue weighted by Crippen LogP contribution is 2.24. The predicted molar refractivity (Wildman–Crippen MR) is 134 cm³/mol. The van der Waals surface area contributed by atoms with E-state index in [1.807, 2.05) is 27.7 Å². The summed E-state index contributed by atoms with van der Waals surface area (Å²) in [5.41, 5.74) is 0. The maximum atomic E-state index is 11.6. The Morgan fingerprint density at radius 1 is 0.875 bits per heavy atom. The average molecular weight is 459 g/mol. The molecule has 2 atom stereocenters. The molecular weight excluding hydrogens is 404 g/mol. The van der Waals surface area contributed by atoms with Crippen LogP contribution in [0.2, 0.25) is 0 Å². The van der Waals surface area contributed by atoms with Gasteiger partial charge in [0.15, 0.2) is 0 Å². The Morgan fingerprint density at radius 2 is 1.44 bits per heavy atom. The minimum atomic E-state index is 0.102. The first-order valence-corrected chi connectivity index (χ1v) is 12.7. The van der Waals surface area contributed by atoms with Gasteiger partial charge in [0.25, 0.3) is 0 Å². The van der Waals surface area contributed by atoms with Crippen molar-refractivity contribution in [2.24, 2.45) is 5.92 Å². The summed E-state index contributed by atoms with van der Waals surface area (Å²) < 4.78 is 17.2. The molecular formula is C26H54N2O4. The summed E-state index contributed by atoms with van der Waals surface area (Å²) >= 11 is 0. The number of rotatable bonds is 13. The van der Waals surface area contributed by atoms with Gasteiger partial charge in [-0.15, -0.1) is 0 Å². The molecule has 0 saturated carbocycles. The van der Waals surface area contributed by atoms with Crippen LogP contribution in [0.5, 0.6) is 0 Å². The lowest BCUT2D eigenvalue weighted by Crippen LogP contribution is -2.39. The number of carbonyl (C=O) groups excluding carboxylic acids is 1. The Hall–Kier alpha value is -0.530. The van der Waals surface area contributed by atoms with E-state index in [0.717, 1.165) is 19.6 Å². The third-order valence-electron chi connectivity index (χ3n) is 5.48. The molecule has 0 aromatic rings. The number of likely N-dealkylation sites (tertiary alicyclic amines) is 1. The lowest BCUT2D eigenvalue weighted by molar-refractivity contribution is -0.126. The Bertz CT molecular complexity index is 492. The molecule has 1 aliphatic heterocycles. The van der Waals surface area contributed by atoms with Crippen molar-refractivity contribution in [2.45, 2.75) is 132 Å². The van der Waals surface area contributed by atoms with Gasteiger partial charge in [-0.25, -0.2) is 0 Å². The summed E-state index contributed by atoms with van der Waals surface area (Å²) in [5, 5.41) is 0. The van der Waals surface area contributed by atoms with Gasteiger partial charge in [0.2, 0.25) is 0 Å². The molecule has 1 rings (SSSR count). The van der Waals surface area contributed by atoms with Crippen LogP contribution in [0.25, 0.3) is 0 Å². The molecule has 0 aliphatic carbocycles. The third-order valence-corrected chi connectivity index (χ3v) is 5.48. The van der Waals surface area contributed by atoms with Gasteiger partial charge >= 0.3 is 0 Å². The van der Waals surface area contributed by atoms with Crippen LogP contribution in [0.1, 0.15) is 89.5 Å². The van der Waals surface area contributed by atoms with Crippen LogP contribution in [0.4, 0.5) is 0 Å². The van der Waals surface area contributed by atoms with Crippen molar-refractivity contribution in [1.82, 2.24) is 9.80 Å². The summed E-state index contributed by atoms with van der Waals surface area (Å²) in [4.78, 5) is 16.2. The van der Waals surface area contributed by atoms with Crippen molar-refractivity contribution in [3.63, 3.8) is 0 Å². The maximum absolute atomic E-state index is 11.6. The fraction of sp³-hybridized carbons (Fsp3) is 0.962. The minimum Gasteiger partial charge on any atom is -0.377 e. The van der Waals surface area contributed by atoms with Crippen LogP contribution in [0.3, 0.4) is 0 Å². The van der Waals surface area contributed by atoms with Crippen molar-refractivity contribution < 1.29 is 19.0 Å². The summed E-state index contributed by atoms with van der Waals surface area (Å²) in [6.07, 6.45) is 2.31. The summed E-state index contributed by atoms with van der Waals surface area (Å²) in [7, 11) is 0. The van der Waals surface area contributed by atoms with Crippen molar-refractivity contribution >= 4 is 5.78 Å². The summed E-state index contributed by atoms with van der Waals surface area (Å²) in [6.45, 7) is 27.8. The summed E-state index contributed by atoms with van der Waals surface area (Å²) in [5.74, 6) is 0.376. The van der Waals surface area contributed by atoms with Gasteiger partial charge in [-0.05, 0) is 75.7 Å². The molecule has 1 fully saturated rings. The topological polar surface area (TPSA) is 51.2 Å². The molecule has 0 N–H and O–H groups in total. The van der Waals surface area contributed by atoms with Gasteiger partial charge in [0.1, 0.15) is 5.78 Å². The molecule has 0 bridgehead atoms. The zero-order chi connectivity index (χ0) is 25.0. The number of Topliss-reactive ketones (excluding diaryl/α,β-unsaturated/α-hetero) is 1. The van der Waals surface area contributed by atoms with Crippen LogP contribution in [-0.2, 0) is 19.0 Å². The van der Waals surface area contributed by atoms with Gasteiger partial charge in [-0.3, -0.25) is 14.6 Å². The Morgan fingerprint density at radius 3 is 1.84 bits per heavy atom. The van der Waals surface area contributed by atoms with E-state index in [4.69, 9.17) is 14.2 Å². The van der Waals surface area contributed by atoms with E-state index in [1.54, 1.807) is 0 Å². The Labute approximate surface area is 199 Å². The van der Waals surface area contributed by atoms with Gasteiger partial charge in [-0.1, -0.05) is 13.8 Å². The smallest absolute Gasteiger partial charge is 0.149 e. The predicted octanol–water partition coefficient (Wildman–Crippen LogP) is 4.99. The first-order chi connectivity index (χ1) is 14.7. The van der Waals surface area contributed by atoms with E-state index in [0.29, 0.717) is 49.7 Å². The number of ether oxygens (including phenoxy) is 3. The highest BCUT2D eigenvalue weighted by Gasteiger charge is 2.34. The first kappa shape index (κ1) is 31.5.